The second-order valence-electron chi connectivity index (χ2n) is 5.62. The lowest BCUT2D eigenvalue weighted by atomic mass is 10.2. The number of benzene rings is 1. The van der Waals surface area contributed by atoms with E-state index in [1.807, 2.05) is 50.2 Å². The molecule has 0 radical (unpaired) electrons. The number of guanidine groups is 1. The Morgan fingerprint density at radius 1 is 1.29 bits per heavy atom. The average Bonchev–Trinajstić information content (AvgIpc) is 3.24. The second kappa shape index (κ2) is 7.21. The predicted octanol–water partition coefficient (Wildman–Crippen LogP) is 3.41. The Balaban J connectivity index is 1.61. The zero-order valence-electron chi connectivity index (χ0n) is 14.2. The van der Waals surface area contributed by atoms with Crippen LogP contribution in [0, 0.1) is 0 Å². The molecule has 0 bridgehead atoms. The number of furan rings is 1. The van der Waals surface area contributed by atoms with E-state index in [-0.39, 0.29) is 6.04 Å². The van der Waals surface area contributed by atoms with E-state index in [9.17, 15) is 0 Å². The number of aliphatic imine (C=N–C) groups is 1. The van der Waals surface area contributed by atoms with Gasteiger partial charge in [0.25, 0.3) is 0 Å². The molecule has 3 rings (SSSR count). The van der Waals surface area contributed by atoms with Crippen molar-refractivity contribution in [2.45, 2.75) is 32.9 Å². The minimum absolute atomic E-state index is 0.00970. The lowest BCUT2D eigenvalue weighted by Gasteiger charge is -2.15. The Kier molecular flexibility index (Phi) is 4.84. The van der Waals surface area contributed by atoms with Crippen molar-refractivity contribution in [3.05, 3.63) is 53.6 Å². The monoisotopic (exact) mass is 326 g/mol. The summed E-state index contributed by atoms with van der Waals surface area (Å²) in [4.78, 5) is 4.24. The number of hydrogen-bond donors (Lipinski definition) is 2. The van der Waals surface area contributed by atoms with Crippen molar-refractivity contribution in [1.82, 2.24) is 15.8 Å². The van der Waals surface area contributed by atoms with Crippen molar-refractivity contribution in [3.63, 3.8) is 0 Å². The summed E-state index contributed by atoms with van der Waals surface area (Å²) in [6.07, 6.45) is 0.861. The fourth-order valence-corrected chi connectivity index (χ4v) is 2.46. The molecule has 0 saturated heterocycles. The highest BCUT2D eigenvalue weighted by Gasteiger charge is 2.13. The van der Waals surface area contributed by atoms with Crippen LogP contribution in [0.4, 0.5) is 0 Å². The van der Waals surface area contributed by atoms with Crippen LogP contribution in [-0.2, 0) is 13.0 Å². The van der Waals surface area contributed by atoms with E-state index in [2.05, 4.69) is 20.8 Å². The summed E-state index contributed by atoms with van der Waals surface area (Å²) in [6.45, 7) is 4.61. The van der Waals surface area contributed by atoms with E-state index < -0.39 is 0 Å². The van der Waals surface area contributed by atoms with Gasteiger partial charge in [-0.2, -0.15) is 0 Å². The molecule has 6 heteroatoms. The summed E-state index contributed by atoms with van der Waals surface area (Å²) in [5.74, 6) is 2.33. The third kappa shape index (κ3) is 3.59. The Morgan fingerprint density at radius 2 is 2.12 bits per heavy atom. The lowest BCUT2D eigenvalue weighted by Crippen LogP contribution is -2.38. The largest absolute Gasteiger partial charge is 0.459 e. The van der Waals surface area contributed by atoms with Crippen molar-refractivity contribution in [2.75, 3.05) is 7.05 Å². The molecule has 0 aliphatic heterocycles. The van der Waals surface area contributed by atoms with Gasteiger partial charge in [0.2, 0.25) is 0 Å². The van der Waals surface area contributed by atoms with Crippen molar-refractivity contribution >= 4 is 16.9 Å². The predicted molar refractivity (Wildman–Crippen MR) is 93.8 cm³/mol. The summed E-state index contributed by atoms with van der Waals surface area (Å²) in [5, 5.41) is 11.6. The molecule has 1 atom stereocenters. The van der Waals surface area contributed by atoms with Crippen LogP contribution in [0.1, 0.15) is 37.1 Å². The van der Waals surface area contributed by atoms with Crippen LogP contribution < -0.4 is 10.6 Å². The van der Waals surface area contributed by atoms with Gasteiger partial charge in [-0.1, -0.05) is 30.3 Å². The van der Waals surface area contributed by atoms with Crippen molar-refractivity contribution in [2.24, 2.45) is 4.99 Å². The number of aryl methyl sites for hydroxylation is 1. The molecule has 0 aliphatic carbocycles. The molecule has 6 nitrogen and oxygen atoms in total. The average molecular weight is 326 g/mol. The second-order valence-corrected chi connectivity index (χ2v) is 5.62. The molecule has 3 aromatic rings. The highest BCUT2D eigenvalue weighted by Crippen LogP contribution is 2.23. The highest BCUT2D eigenvalue weighted by molar-refractivity contribution is 5.81. The van der Waals surface area contributed by atoms with Crippen LogP contribution in [0.2, 0.25) is 0 Å². The molecular weight excluding hydrogens is 304 g/mol. The fourth-order valence-electron chi connectivity index (χ4n) is 2.46. The first-order valence-corrected chi connectivity index (χ1v) is 8.09. The Hall–Kier alpha value is -2.76. The molecule has 0 spiro atoms. The third-order valence-corrected chi connectivity index (χ3v) is 3.85. The van der Waals surface area contributed by atoms with Crippen molar-refractivity contribution < 1.29 is 8.94 Å². The summed E-state index contributed by atoms with van der Waals surface area (Å²) in [7, 11) is 1.73. The number of fused-ring (bicyclic) bond motifs is 1. The van der Waals surface area contributed by atoms with Gasteiger partial charge in [0.05, 0.1) is 18.3 Å². The van der Waals surface area contributed by atoms with E-state index in [1.54, 1.807) is 7.05 Å². The molecule has 1 aromatic carbocycles. The van der Waals surface area contributed by atoms with Crippen LogP contribution in [0.5, 0.6) is 0 Å². The molecule has 2 aromatic heterocycles. The maximum atomic E-state index is 5.88. The van der Waals surface area contributed by atoms with Crippen molar-refractivity contribution in [1.29, 1.82) is 0 Å². The van der Waals surface area contributed by atoms with Gasteiger partial charge in [-0.25, -0.2) is 0 Å². The molecule has 1 unspecified atom stereocenters. The molecule has 0 saturated carbocycles. The van der Waals surface area contributed by atoms with Crippen LogP contribution >= 0.6 is 0 Å². The summed E-state index contributed by atoms with van der Waals surface area (Å²) >= 11 is 0. The maximum absolute atomic E-state index is 5.88. The van der Waals surface area contributed by atoms with Gasteiger partial charge >= 0.3 is 0 Å². The molecule has 2 heterocycles. The first-order valence-electron chi connectivity index (χ1n) is 8.09. The Bertz CT molecular complexity index is 801. The van der Waals surface area contributed by atoms with Crippen molar-refractivity contribution in [3.8, 4) is 0 Å². The minimum Gasteiger partial charge on any atom is -0.459 e. The molecule has 0 aliphatic rings. The molecule has 126 valence electrons. The van der Waals surface area contributed by atoms with E-state index in [1.165, 1.54) is 0 Å². The van der Waals surface area contributed by atoms with Gasteiger partial charge in [0, 0.05) is 18.5 Å². The quantitative estimate of drug-likeness (QED) is 0.555. The van der Waals surface area contributed by atoms with Gasteiger partial charge in [0.1, 0.15) is 11.3 Å². The van der Waals surface area contributed by atoms with E-state index in [4.69, 9.17) is 8.94 Å². The summed E-state index contributed by atoms with van der Waals surface area (Å²) in [5.41, 5.74) is 1.84. The maximum Gasteiger partial charge on any atom is 0.191 e. The van der Waals surface area contributed by atoms with Gasteiger partial charge in [-0.15, -0.1) is 0 Å². The summed E-state index contributed by atoms with van der Waals surface area (Å²) < 4.78 is 11.1. The third-order valence-electron chi connectivity index (χ3n) is 3.85. The summed E-state index contributed by atoms with van der Waals surface area (Å²) in [6, 6.07) is 12.0. The normalized spacial score (nSPS) is 13.2. The van der Waals surface area contributed by atoms with Crippen LogP contribution in [0.3, 0.4) is 0 Å². The van der Waals surface area contributed by atoms with E-state index in [0.717, 1.165) is 34.6 Å². The first kappa shape index (κ1) is 16.1. The van der Waals surface area contributed by atoms with Crippen LogP contribution in [-0.4, -0.2) is 18.2 Å². The SMILES string of the molecule is CCc1cc(CNC(=NC)NC(C)c2cc3ccccc3o2)on1. The zero-order valence-corrected chi connectivity index (χ0v) is 14.2. The topological polar surface area (TPSA) is 75.6 Å². The molecular formula is C18H22N4O2. The molecule has 24 heavy (non-hydrogen) atoms. The van der Waals surface area contributed by atoms with Crippen LogP contribution in [0.15, 0.2) is 50.3 Å². The highest BCUT2D eigenvalue weighted by atomic mass is 16.5. The first-order chi connectivity index (χ1) is 11.7. The number of rotatable bonds is 5. The number of hydrogen-bond acceptors (Lipinski definition) is 4. The zero-order chi connectivity index (χ0) is 16.9. The molecule has 2 N–H and O–H groups in total. The van der Waals surface area contributed by atoms with E-state index in [0.29, 0.717) is 12.5 Å². The molecule has 0 fully saturated rings. The van der Waals surface area contributed by atoms with Gasteiger partial charge in [-0.3, -0.25) is 4.99 Å². The minimum atomic E-state index is -0.00970. The van der Waals surface area contributed by atoms with E-state index >= 15 is 0 Å². The van der Waals surface area contributed by atoms with Gasteiger partial charge in [0.15, 0.2) is 11.7 Å². The van der Waals surface area contributed by atoms with Gasteiger partial charge < -0.3 is 19.6 Å². The fraction of sp³-hybridized carbons (Fsp3) is 0.333. The smallest absolute Gasteiger partial charge is 0.191 e. The number of nitrogens with zero attached hydrogens (tertiary/aromatic N) is 2. The van der Waals surface area contributed by atoms with Gasteiger partial charge in [-0.05, 0) is 25.5 Å². The number of para-hydroxylation sites is 1. The lowest BCUT2D eigenvalue weighted by molar-refractivity contribution is 0.374. The molecule has 0 amide bonds. The van der Waals surface area contributed by atoms with Crippen LogP contribution in [0.25, 0.3) is 11.0 Å². The number of aromatic nitrogens is 1. The number of nitrogens with one attached hydrogen (secondary N) is 2. The Morgan fingerprint density at radius 3 is 2.83 bits per heavy atom. The standard InChI is InChI=1S/C18H22N4O2/c1-4-14-10-15(24-22-14)11-20-18(19-3)21-12(2)17-9-13-7-5-6-8-16(13)23-17/h5-10,12H,4,11H2,1-3H3,(H2,19,20,21). The Labute approximate surface area is 140 Å².